The minimum Gasteiger partial charge on any atom is -0.212 e. The molecule has 0 radical (unpaired) electrons. The van der Waals surface area contributed by atoms with Crippen molar-refractivity contribution < 1.29 is 4.39 Å². The quantitative estimate of drug-likeness (QED) is 0.675. The van der Waals surface area contributed by atoms with Crippen LogP contribution in [0.15, 0.2) is 10.7 Å². The molecule has 0 amide bonds. The molecule has 1 aliphatic carbocycles. The highest BCUT2D eigenvalue weighted by Crippen LogP contribution is 2.44. The highest BCUT2D eigenvalue weighted by molar-refractivity contribution is 9.10. The minimum absolute atomic E-state index is 0.399. The van der Waals surface area contributed by atoms with Gasteiger partial charge < -0.3 is 0 Å². The van der Waals surface area contributed by atoms with E-state index in [0.29, 0.717) is 10.5 Å². The van der Waals surface area contributed by atoms with Crippen LogP contribution >= 0.6 is 15.9 Å². The molecule has 1 fully saturated rings. The summed E-state index contributed by atoms with van der Waals surface area (Å²) < 4.78 is 13.4. The second kappa shape index (κ2) is 2.80. The highest BCUT2D eigenvalue weighted by Gasteiger charge is 2.28. The van der Waals surface area contributed by atoms with Gasteiger partial charge in [0.1, 0.15) is 4.60 Å². The molecule has 1 aromatic rings. The summed E-state index contributed by atoms with van der Waals surface area (Å²) in [4.78, 5) is 3.75. The van der Waals surface area contributed by atoms with Crippen molar-refractivity contribution in [2.45, 2.75) is 25.7 Å². The molecule has 3 heteroatoms. The van der Waals surface area contributed by atoms with Crippen LogP contribution in [0.1, 0.15) is 29.9 Å². The monoisotopic (exact) mass is 229 g/mol. The first kappa shape index (κ1) is 8.17. The molecule has 0 aromatic carbocycles. The summed E-state index contributed by atoms with van der Waals surface area (Å²) in [6.07, 6.45) is 2.43. The average molecular weight is 230 g/mol. The maximum Gasteiger partial charge on any atom is 0.214 e. The van der Waals surface area contributed by atoms with Crippen LogP contribution in [0.3, 0.4) is 0 Å². The number of pyridine rings is 1. The summed E-state index contributed by atoms with van der Waals surface area (Å²) in [5, 5.41) is 0. The van der Waals surface area contributed by atoms with Crippen LogP contribution in [0.2, 0.25) is 0 Å². The fourth-order valence-corrected chi connectivity index (χ4v) is 2.27. The number of hydrogen-bond acceptors (Lipinski definition) is 1. The maximum atomic E-state index is 12.8. The third-order valence-corrected chi connectivity index (χ3v) is 2.78. The number of hydrogen-bond donors (Lipinski definition) is 0. The SMILES string of the molecule is Cc1cc(F)nc(Br)c1C1CC1. The van der Waals surface area contributed by atoms with E-state index in [1.807, 2.05) is 6.92 Å². The predicted molar refractivity (Wildman–Crippen MR) is 48.6 cm³/mol. The number of halogens is 2. The lowest BCUT2D eigenvalue weighted by atomic mass is 10.1. The molecule has 1 aromatic heterocycles. The van der Waals surface area contributed by atoms with Crippen molar-refractivity contribution in [3.8, 4) is 0 Å². The van der Waals surface area contributed by atoms with Crippen LogP contribution in [-0.2, 0) is 0 Å². The van der Waals surface area contributed by atoms with Crippen LogP contribution in [0.4, 0.5) is 4.39 Å². The summed E-state index contributed by atoms with van der Waals surface area (Å²) in [7, 11) is 0. The number of aryl methyl sites for hydroxylation is 1. The van der Waals surface area contributed by atoms with Crippen molar-refractivity contribution in [2.75, 3.05) is 0 Å². The largest absolute Gasteiger partial charge is 0.214 e. The number of nitrogens with zero attached hydrogens (tertiary/aromatic N) is 1. The van der Waals surface area contributed by atoms with Crippen molar-refractivity contribution in [3.63, 3.8) is 0 Å². The van der Waals surface area contributed by atoms with Gasteiger partial charge in [0.25, 0.3) is 0 Å². The van der Waals surface area contributed by atoms with Crippen molar-refractivity contribution in [2.24, 2.45) is 0 Å². The van der Waals surface area contributed by atoms with E-state index in [1.165, 1.54) is 24.5 Å². The second-order valence-corrected chi connectivity index (χ2v) is 3.99. The van der Waals surface area contributed by atoms with Crippen LogP contribution in [0.25, 0.3) is 0 Å². The van der Waals surface area contributed by atoms with E-state index in [1.54, 1.807) is 0 Å². The van der Waals surface area contributed by atoms with Crippen molar-refractivity contribution >= 4 is 15.9 Å². The van der Waals surface area contributed by atoms with E-state index in [4.69, 9.17) is 0 Å². The van der Waals surface area contributed by atoms with Crippen LogP contribution in [0, 0.1) is 12.9 Å². The first-order chi connectivity index (χ1) is 5.68. The van der Waals surface area contributed by atoms with E-state index in [2.05, 4.69) is 20.9 Å². The normalized spacial score (nSPS) is 16.6. The van der Waals surface area contributed by atoms with Crippen LogP contribution < -0.4 is 0 Å². The van der Waals surface area contributed by atoms with Gasteiger partial charge in [-0.05, 0) is 58.8 Å². The van der Waals surface area contributed by atoms with Gasteiger partial charge in [0.2, 0.25) is 5.95 Å². The Hall–Kier alpha value is -0.440. The molecule has 0 N–H and O–H groups in total. The lowest BCUT2D eigenvalue weighted by Gasteiger charge is -2.05. The fourth-order valence-electron chi connectivity index (χ4n) is 1.47. The third kappa shape index (κ3) is 1.38. The molecule has 0 spiro atoms. The molecule has 64 valence electrons. The maximum absolute atomic E-state index is 12.8. The summed E-state index contributed by atoms with van der Waals surface area (Å²) >= 11 is 3.29. The molecule has 0 atom stereocenters. The number of rotatable bonds is 1. The van der Waals surface area contributed by atoms with Crippen LogP contribution in [0.5, 0.6) is 0 Å². The zero-order valence-corrected chi connectivity index (χ0v) is 8.36. The van der Waals surface area contributed by atoms with Gasteiger partial charge in [-0.2, -0.15) is 4.39 Å². The molecule has 0 saturated heterocycles. The lowest BCUT2D eigenvalue weighted by Crippen LogP contribution is -1.94. The molecule has 1 heterocycles. The Morgan fingerprint density at radius 3 is 2.75 bits per heavy atom. The molecule has 0 aliphatic heterocycles. The Labute approximate surface area is 79.1 Å². The van der Waals surface area contributed by atoms with E-state index in [-0.39, 0.29) is 0 Å². The van der Waals surface area contributed by atoms with Gasteiger partial charge in [-0.25, -0.2) is 4.98 Å². The van der Waals surface area contributed by atoms with Gasteiger partial charge in [-0.15, -0.1) is 0 Å². The van der Waals surface area contributed by atoms with Gasteiger partial charge >= 0.3 is 0 Å². The van der Waals surface area contributed by atoms with E-state index < -0.39 is 5.95 Å². The number of aromatic nitrogens is 1. The summed E-state index contributed by atoms with van der Waals surface area (Å²) in [5.41, 5.74) is 2.20. The van der Waals surface area contributed by atoms with Gasteiger partial charge in [0, 0.05) is 0 Å². The summed E-state index contributed by atoms with van der Waals surface area (Å²) in [6, 6.07) is 1.50. The van der Waals surface area contributed by atoms with E-state index in [0.717, 1.165) is 5.56 Å². The second-order valence-electron chi connectivity index (χ2n) is 3.24. The first-order valence-electron chi connectivity index (χ1n) is 4.01. The molecule has 2 rings (SSSR count). The zero-order valence-electron chi connectivity index (χ0n) is 6.77. The molecule has 0 unspecified atom stereocenters. The molecule has 1 aliphatic rings. The molecule has 12 heavy (non-hydrogen) atoms. The minimum atomic E-state index is -0.399. The third-order valence-electron chi connectivity index (χ3n) is 2.17. The Morgan fingerprint density at radius 2 is 2.25 bits per heavy atom. The molecule has 1 saturated carbocycles. The van der Waals surface area contributed by atoms with Gasteiger partial charge in [-0.3, -0.25) is 0 Å². The van der Waals surface area contributed by atoms with Crippen molar-refractivity contribution in [3.05, 3.63) is 27.7 Å². The summed E-state index contributed by atoms with van der Waals surface area (Å²) in [5.74, 6) is 0.219. The van der Waals surface area contributed by atoms with Gasteiger partial charge in [0.05, 0.1) is 0 Å². The smallest absolute Gasteiger partial charge is 0.212 e. The van der Waals surface area contributed by atoms with Crippen molar-refractivity contribution in [1.82, 2.24) is 4.98 Å². The Bertz CT molecular complexity index is 297. The average Bonchev–Trinajstić information content (AvgIpc) is 2.68. The van der Waals surface area contributed by atoms with E-state index in [9.17, 15) is 4.39 Å². The van der Waals surface area contributed by atoms with Crippen molar-refractivity contribution in [1.29, 1.82) is 0 Å². The molecular weight excluding hydrogens is 221 g/mol. The Balaban J connectivity index is 2.51. The molecule has 0 bridgehead atoms. The standard InChI is InChI=1S/C9H9BrFN/c1-5-4-7(11)12-9(10)8(5)6-2-3-6/h4,6H,2-3H2,1H3. The predicted octanol–water partition coefficient (Wildman–Crippen LogP) is 3.17. The first-order valence-corrected chi connectivity index (χ1v) is 4.80. The van der Waals surface area contributed by atoms with Crippen LogP contribution in [-0.4, -0.2) is 4.98 Å². The molecule has 1 nitrogen and oxygen atoms in total. The Kier molecular flexibility index (Phi) is 1.91. The zero-order chi connectivity index (χ0) is 8.72. The van der Waals surface area contributed by atoms with Gasteiger partial charge in [-0.1, -0.05) is 0 Å². The molecular formula is C9H9BrFN. The fraction of sp³-hybridized carbons (Fsp3) is 0.444. The Morgan fingerprint density at radius 1 is 1.58 bits per heavy atom. The van der Waals surface area contributed by atoms with E-state index >= 15 is 0 Å². The summed E-state index contributed by atoms with van der Waals surface area (Å²) in [6.45, 7) is 1.93. The van der Waals surface area contributed by atoms with Gasteiger partial charge in [0.15, 0.2) is 0 Å². The highest BCUT2D eigenvalue weighted by atomic mass is 79.9. The topological polar surface area (TPSA) is 12.9 Å². The lowest BCUT2D eigenvalue weighted by molar-refractivity contribution is 0.577.